The number of hydrogen-bond acceptors (Lipinski definition) is 18. The molecule has 0 bridgehead atoms. The third-order valence-corrected chi connectivity index (χ3v) is 21.1. The van der Waals surface area contributed by atoms with E-state index in [0.29, 0.717) is 44.5 Å². The van der Waals surface area contributed by atoms with Crippen LogP contribution in [0.5, 0.6) is 0 Å². The van der Waals surface area contributed by atoms with Gasteiger partial charge < -0.3 is 60.6 Å². The number of rotatable bonds is 24. The Bertz CT molecular complexity index is 5350. The zero-order chi connectivity index (χ0) is 87.9. The fourth-order valence-corrected chi connectivity index (χ4v) is 15.1. The van der Waals surface area contributed by atoms with E-state index in [2.05, 4.69) is 41.7 Å². The first-order valence-corrected chi connectivity index (χ1v) is 37.8. The summed E-state index contributed by atoms with van der Waals surface area (Å²) in [5.41, 5.74) is -3.09. The lowest BCUT2D eigenvalue weighted by atomic mass is 10.0. The Labute approximate surface area is 685 Å². The number of carbonyl (C=O) groups is 8. The number of aromatic carboxylic acids is 2. The summed E-state index contributed by atoms with van der Waals surface area (Å²) in [4.78, 5) is 107. The molecule has 0 aliphatic carbocycles. The Morgan fingerprint density at radius 2 is 0.541 bits per heavy atom. The average molecular weight is 1710 g/mol. The number of carbonyl (C=O) groups excluding carboxylic acids is 6. The van der Waals surface area contributed by atoms with Gasteiger partial charge in [0.15, 0.2) is 22.8 Å². The van der Waals surface area contributed by atoms with Crippen molar-refractivity contribution in [3.05, 3.63) is 257 Å². The molecule has 0 unspecified atom stereocenters. The predicted molar refractivity (Wildman–Crippen MR) is 412 cm³/mol. The van der Waals surface area contributed by atoms with Crippen molar-refractivity contribution >= 4 is 70.8 Å². The number of carboxylic acid groups (broad SMARTS) is 2. The van der Waals surface area contributed by atoms with Gasteiger partial charge >= 0.3 is 48.6 Å². The van der Waals surface area contributed by atoms with Gasteiger partial charge in [-0.15, -0.1) is 0 Å². The van der Waals surface area contributed by atoms with Crippen molar-refractivity contribution in [2.75, 3.05) is 60.0 Å². The Kier molecular flexibility index (Phi) is 24.1. The molecule has 122 heavy (non-hydrogen) atoms. The standard InChI is InChI=1S/C42H40F6N8O6.C40H36F6N8O6/c1-23(27-8-12-29(13-9-27)39(59)61-3)49-35(57)31-33(41(43,44)45)51-55-18-16-53(37(31)55)21-25-6-5-7-26(20-25)22-54-17-19-56-38(54)32(34(52-56)42(46,47)48)36(58)50-24(2)28-10-14-30(15-11-28)40(60)62-4;1-21(25-6-10-27(11-7-25)37(57)58)47-33(55)29-31(39(41,42)43)49-53-16-14-51(35(29)53)19-23-4-3-5-24(18-23)20-52-15-17-54-36(52)30(32(50-54)40(44,45)46)34(56)48-22(2)26-8-12-28(13-9-26)38(59)60/h5-15,20,23-24H,16-19,21-22H2,1-4H3,(H,49,57)(H,50,58);3-13,18,21-22H,14-17,19-20H2,1-2H3,(H,47,55)(H,48,56)(H,57,58)(H,59,60)/t23-,24-;21-,22-/m00/s1. The molecule has 0 fully saturated rings. The first kappa shape index (κ1) is 86.1. The summed E-state index contributed by atoms with van der Waals surface area (Å²) in [6.45, 7) is 7.59. The van der Waals surface area contributed by atoms with Gasteiger partial charge in [0.05, 0.1) is 86.8 Å². The number of hydrogen-bond donors (Lipinski definition) is 6. The Morgan fingerprint density at radius 3 is 0.730 bits per heavy atom. The summed E-state index contributed by atoms with van der Waals surface area (Å²) >= 11 is 0. The highest BCUT2D eigenvalue weighted by atomic mass is 19.4. The number of esters is 2. The number of aromatic nitrogens is 8. The van der Waals surface area contributed by atoms with Gasteiger partial charge in [0, 0.05) is 52.4 Å². The van der Waals surface area contributed by atoms with E-state index < -0.39 is 141 Å². The Balaban J connectivity index is 0.000000210. The quantitative estimate of drug-likeness (QED) is 0.0242. The number of nitrogens with zero attached hydrogens (tertiary/aromatic N) is 12. The number of amides is 4. The van der Waals surface area contributed by atoms with Crippen molar-refractivity contribution < 1.29 is 111 Å². The average Bonchev–Trinajstić information content (AvgIpc) is 1.61. The molecule has 14 rings (SSSR count). The van der Waals surface area contributed by atoms with E-state index in [-0.39, 0.29) is 124 Å². The fourth-order valence-electron chi connectivity index (χ4n) is 15.1. The maximum Gasteiger partial charge on any atom is 0.436 e. The molecule has 4 amide bonds. The molecule has 0 saturated heterocycles. The summed E-state index contributed by atoms with van der Waals surface area (Å²) in [7, 11) is 2.46. The molecule has 0 spiro atoms. The van der Waals surface area contributed by atoms with Gasteiger partial charge in [0.1, 0.15) is 45.5 Å². The minimum Gasteiger partial charge on any atom is -0.478 e. The van der Waals surface area contributed by atoms with Gasteiger partial charge in [-0.1, -0.05) is 97.1 Å². The molecule has 4 aromatic heterocycles. The van der Waals surface area contributed by atoms with Gasteiger partial charge in [-0.3, -0.25) is 19.2 Å². The fraction of sp³-hybridized carbons (Fsp3) is 0.317. The highest BCUT2D eigenvalue weighted by Gasteiger charge is 2.49. The van der Waals surface area contributed by atoms with Crippen LogP contribution in [0.4, 0.5) is 76.0 Å². The molecule has 8 heterocycles. The van der Waals surface area contributed by atoms with E-state index in [1.807, 2.05) is 0 Å². The number of methoxy groups -OCH3 is 2. The third kappa shape index (κ3) is 18.2. The van der Waals surface area contributed by atoms with E-state index in [4.69, 9.17) is 9.47 Å². The summed E-state index contributed by atoms with van der Waals surface area (Å²) in [6, 6.07) is 33.9. The molecule has 6 aromatic carbocycles. The van der Waals surface area contributed by atoms with Gasteiger partial charge in [-0.05, 0) is 121 Å². The smallest absolute Gasteiger partial charge is 0.436 e. The molecule has 640 valence electrons. The van der Waals surface area contributed by atoms with E-state index >= 15 is 0 Å². The Hall–Kier alpha value is -13.7. The van der Waals surface area contributed by atoms with E-state index in [1.54, 1.807) is 120 Å². The minimum atomic E-state index is -4.97. The largest absolute Gasteiger partial charge is 0.478 e. The monoisotopic (exact) mass is 1700 g/mol. The van der Waals surface area contributed by atoms with Crippen molar-refractivity contribution in [1.82, 2.24) is 60.4 Å². The second kappa shape index (κ2) is 34.2. The topological polar surface area (TPSA) is 328 Å². The predicted octanol–water partition coefficient (Wildman–Crippen LogP) is 13.2. The molecule has 0 radical (unpaired) electrons. The number of alkyl halides is 12. The van der Waals surface area contributed by atoms with Crippen LogP contribution in [0.1, 0.15) is 202 Å². The first-order valence-electron chi connectivity index (χ1n) is 37.8. The van der Waals surface area contributed by atoms with Crippen molar-refractivity contribution in [2.24, 2.45) is 0 Å². The summed E-state index contributed by atoms with van der Waals surface area (Å²) in [5, 5.41) is 43.9. The molecule has 40 heteroatoms. The van der Waals surface area contributed by atoms with Gasteiger partial charge in [-0.25, -0.2) is 37.9 Å². The van der Waals surface area contributed by atoms with Crippen LogP contribution in [-0.4, -0.2) is 137 Å². The van der Waals surface area contributed by atoms with E-state index in [9.17, 15) is 101 Å². The summed E-state index contributed by atoms with van der Waals surface area (Å²) < 4.78 is 186. The molecular formula is C82H76F12N16O12. The lowest BCUT2D eigenvalue weighted by Gasteiger charge is -2.23. The van der Waals surface area contributed by atoms with Crippen LogP contribution in [0, 0.1) is 0 Å². The van der Waals surface area contributed by atoms with Crippen LogP contribution < -0.4 is 40.9 Å². The number of carboxylic acids is 2. The third-order valence-electron chi connectivity index (χ3n) is 21.1. The van der Waals surface area contributed by atoms with E-state index in [1.165, 1.54) is 87.0 Å². The number of benzene rings is 6. The number of halogens is 12. The Morgan fingerprint density at radius 1 is 0.336 bits per heavy atom. The normalized spacial score (nSPS) is 14.6. The van der Waals surface area contributed by atoms with Crippen LogP contribution in [-0.2, 0) is 86.5 Å². The number of anilines is 4. The summed E-state index contributed by atoms with van der Waals surface area (Å²) in [5.74, 6) is -7.70. The minimum absolute atomic E-state index is 0.00367. The maximum atomic E-state index is 14.4. The van der Waals surface area contributed by atoms with Crippen molar-refractivity contribution in [3.8, 4) is 0 Å². The van der Waals surface area contributed by atoms with Crippen LogP contribution >= 0.6 is 0 Å². The molecule has 6 N–H and O–H groups in total. The second-order valence-corrected chi connectivity index (χ2v) is 29.3. The van der Waals surface area contributed by atoms with Crippen molar-refractivity contribution in [2.45, 2.75) is 129 Å². The van der Waals surface area contributed by atoms with Crippen LogP contribution in [0.2, 0.25) is 0 Å². The van der Waals surface area contributed by atoms with E-state index in [0.717, 1.165) is 18.7 Å². The van der Waals surface area contributed by atoms with Crippen molar-refractivity contribution in [1.29, 1.82) is 0 Å². The molecule has 0 saturated carbocycles. The highest BCUT2D eigenvalue weighted by Crippen LogP contribution is 2.45. The number of ether oxygens (including phenoxy) is 2. The lowest BCUT2D eigenvalue weighted by Crippen LogP contribution is -2.31. The van der Waals surface area contributed by atoms with Gasteiger partial charge in [0.25, 0.3) is 23.6 Å². The number of nitrogens with one attached hydrogen (secondary N) is 4. The number of fused-ring (bicyclic) bond motifs is 4. The zero-order valence-electron chi connectivity index (χ0n) is 65.5. The molecule has 28 nitrogen and oxygen atoms in total. The highest BCUT2D eigenvalue weighted by molar-refractivity contribution is 6.04. The first-order chi connectivity index (χ1) is 57.7. The molecular weight excluding hydrogens is 1630 g/mol. The summed E-state index contributed by atoms with van der Waals surface area (Å²) in [6.07, 6.45) is -19.9. The second-order valence-electron chi connectivity index (χ2n) is 29.3. The molecule has 10 aromatic rings. The molecule has 4 atom stereocenters. The molecule has 4 aliphatic rings. The maximum absolute atomic E-state index is 14.4. The van der Waals surface area contributed by atoms with Crippen LogP contribution in [0.25, 0.3) is 0 Å². The SMILES string of the molecule is COC(=O)c1ccc([C@H](C)NC(=O)c2c(C(F)(F)F)nn3c2N(Cc2cccc(CN4CCn5nc(C(F)(F)F)c(C(=O)N[C@@H](C)c6ccc(C(=O)OC)cc6)c54)c2)CC3)cc1.C[C@H](NC(=O)c1c(C(F)(F)F)nn2c1N(Cc1cccc(CN3CCn4nc(C(F)(F)F)c(C(=O)N[C@@H](C)c5ccc(C(=O)O)cc5)c43)c1)CC2)c1ccc(C(=O)O)cc1. The van der Waals surface area contributed by atoms with Crippen LogP contribution in [0.3, 0.4) is 0 Å². The van der Waals surface area contributed by atoms with Gasteiger partial charge in [-0.2, -0.15) is 73.1 Å². The lowest BCUT2D eigenvalue weighted by molar-refractivity contribution is -0.142. The zero-order valence-corrected chi connectivity index (χ0v) is 65.5. The van der Waals surface area contributed by atoms with Gasteiger partial charge in [0.2, 0.25) is 0 Å². The molecule has 4 aliphatic heterocycles. The van der Waals surface area contributed by atoms with Crippen molar-refractivity contribution in [3.63, 3.8) is 0 Å². The van der Waals surface area contributed by atoms with Crippen LogP contribution in [0.15, 0.2) is 146 Å².